The number of carbonyl (C=O) groups is 1. The first-order valence-electron chi connectivity index (χ1n) is 3.73. The number of carboxylic acid groups (broad SMARTS) is 1. The van der Waals surface area contributed by atoms with Crippen LogP contribution in [0.2, 0.25) is 0 Å². The van der Waals surface area contributed by atoms with Crippen molar-refractivity contribution in [3.8, 4) is 5.75 Å². The standard InChI is InChI=1S/C10H9O3/c1-2-7-13-9-6-4-3-5-8(9)10(11)12/h2-4,6H,1,7H2,(H,11,12). The van der Waals surface area contributed by atoms with Gasteiger partial charge < -0.3 is 9.84 Å². The van der Waals surface area contributed by atoms with Crippen molar-refractivity contribution in [3.63, 3.8) is 0 Å². The highest BCUT2D eigenvalue weighted by atomic mass is 16.5. The summed E-state index contributed by atoms with van der Waals surface area (Å²) < 4.78 is 5.12. The van der Waals surface area contributed by atoms with Crippen molar-refractivity contribution in [3.05, 3.63) is 42.5 Å². The summed E-state index contributed by atoms with van der Waals surface area (Å²) in [6, 6.07) is 7.38. The molecule has 0 aliphatic carbocycles. The zero-order valence-corrected chi connectivity index (χ0v) is 6.99. The van der Waals surface area contributed by atoms with Crippen LogP contribution in [0.3, 0.4) is 0 Å². The highest BCUT2D eigenvalue weighted by Crippen LogP contribution is 2.16. The molecule has 1 N–H and O–H groups in total. The highest BCUT2D eigenvalue weighted by Gasteiger charge is 2.09. The van der Waals surface area contributed by atoms with Crippen molar-refractivity contribution in [1.29, 1.82) is 0 Å². The Balaban J connectivity index is 2.90. The molecule has 67 valence electrons. The van der Waals surface area contributed by atoms with Crippen molar-refractivity contribution >= 4 is 5.97 Å². The molecule has 0 aromatic heterocycles. The predicted molar refractivity (Wildman–Crippen MR) is 47.9 cm³/mol. The molecule has 1 radical (unpaired) electrons. The fourth-order valence-corrected chi connectivity index (χ4v) is 0.858. The predicted octanol–water partition coefficient (Wildman–Crippen LogP) is 1.75. The summed E-state index contributed by atoms with van der Waals surface area (Å²) in [6.45, 7) is 3.76. The summed E-state index contributed by atoms with van der Waals surface area (Å²) in [5.41, 5.74) is 0.0457. The Kier molecular flexibility index (Phi) is 3.09. The van der Waals surface area contributed by atoms with Gasteiger partial charge in [0.1, 0.15) is 17.9 Å². The van der Waals surface area contributed by atoms with Gasteiger partial charge in [0.05, 0.1) is 0 Å². The maximum Gasteiger partial charge on any atom is 0.340 e. The molecule has 0 aliphatic heterocycles. The molecule has 0 fully saturated rings. The number of ether oxygens (including phenoxy) is 1. The third-order valence-corrected chi connectivity index (χ3v) is 1.39. The molecule has 0 spiro atoms. The molecule has 3 nitrogen and oxygen atoms in total. The molecule has 0 atom stereocenters. The van der Waals surface area contributed by atoms with Gasteiger partial charge in [-0.15, -0.1) is 0 Å². The number of aromatic carboxylic acids is 1. The van der Waals surface area contributed by atoms with E-state index in [0.29, 0.717) is 5.75 Å². The lowest BCUT2D eigenvalue weighted by Gasteiger charge is -2.05. The van der Waals surface area contributed by atoms with Crippen LogP contribution in [0.1, 0.15) is 10.4 Å². The van der Waals surface area contributed by atoms with E-state index in [1.54, 1.807) is 18.2 Å². The summed E-state index contributed by atoms with van der Waals surface area (Å²) in [7, 11) is 0. The van der Waals surface area contributed by atoms with E-state index in [2.05, 4.69) is 12.6 Å². The molecule has 0 heterocycles. The van der Waals surface area contributed by atoms with Crippen molar-refractivity contribution in [2.75, 3.05) is 6.61 Å². The molecule has 1 aromatic carbocycles. The summed E-state index contributed by atoms with van der Waals surface area (Å²) in [6.07, 6.45) is 1.55. The van der Waals surface area contributed by atoms with E-state index >= 15 is 0 Å². The molecule has 0 unspecified atom stereocenters. The number of hydrogen-bond donors (Lipinski definition) is 1. The van der Waals surface area contributed by atoms with E-state index in [0.717, 1.165) is 0 Å². The number of carboxylic acids is 1. The maximum absolute atomic E-state index is 10.6. The molecule has 0 amide bonds. The van der Waals surface area contributed by atoms with Gasteiger partial charge in [-0.2, -0.15) is 0 Å². The van der Waals surface area contributed by atoms with Gasteiger partial charge in [0.2, 0.25) is 0 Å². The largest absolute Gasteiger partial charge is 0.489 e. The average Bonchev–Trinajstić information content (AvgIpc) is 2.15. The minimum Gasteiger partial charge on any atom is -0.489 e. The lowest BCUT2D eigenvalue weighted by atomic mass is 10.2. The van der Waals surface area contributed by atoms with Crippen LogP contribution >= 0.6 is 0 Å². The topological polar surface area (TPSA) is 46.5 Å². The molecule has 0 saturated carbocycles. The average molecular weight is 177 g/mol. The minimum atomic E-state index is -1.04. The third-order valence-electron chi connectivity index (χ3n) is 1.39. The zero-order chi connectivity index (χ0) is 9.68. The van der Waals surface area contributed by atoms with Gasteiger partial charge in [-0.05, 0) is 6.07 Å². The zero-order valence-electron chi connectivity index (χ0n) is 6.99. The first kappa shape index (κ1) is 9.32. The summed E-state index contributed by atoms with van der Waals surface area (Å²) in [5, 5.41) is 8.73. The second kappa shape index (κ2) is 4.30. The second-order valence-corrected chi connectivity index (χ2v) is 2.31. The van der Waals surface area contributed by atoms with Gasteiger partial charge in [-0.25, -0.2) is 4.79 Å². The molecule has 3 heteroatoms. The Morgan fingerprint density at radius 1 is 1.77 bits per heavy atom. The summed E-state index contributed by atoms with van der Waals surface area (Å²) >= 11 is 0. The summed E-state index contributed by atoms with van der Waals surface area (Å²) in [5.74, 6) is -0.727. The van der Waals surface area contributed by atoms with E-state index < -0.39 is 5.97 Å². The molecule has 0 saturated heterocycles. The monoisotopic (exact) mass is 177 g/mol. The Morgan fingerprint density at radius 3 is 3.15 bits per heavy atom. The van der Waals surface area contributed by atoms with E-state index in [-0.39, 0.29) is 12.2 Å². The fraction of sp³-hybridized carbons (Fsp3) is 0.100. The first-order valence-corrected chi connectivity index (χ1v) is 3.73. The van der Waals surface area contributed by atoms with Crippen LogP contribution in [0, 0.1) is 6.07 Å². The van der Waals surface area contributed by atoms with Crippen molar-refractivity contribution < 1.29 is 14.6 Å². The molecule has 1 rings (SSSR count). The molecular weight excluding hydrogens is 168 g/mol. The molecular formula is C10H9O3. The number of hydrogen-bond acceptors (Lipinski definition) is 2. The number of benzene rings is 1. The van der Waals surface area contributed by atoms with Gasteiger partial charge in [0, 0.05) is 6.07 Å². The fourth-order valence-electron chi connectivity index (χ4n) is 0.858. The lowest BCUT2D eigenvalue weighted by molar-refractivity contribution is 0.0692. The van der Waals surface area contributed by atoms with Crippen molar-refractivity contribution in [2.45, 2.75) is 0 Å². The Bertz CT molecular complexity index is 318. The first-order chi connectivity index (χ1) is 6.25. The Morgan fingerprint density at radius 2 is 2.54 bits per heavy atom. The number of rotatable bonds is 4. The van der Waals surface area contributed by atoms with Crippen LogP contribution in [0.25, 0.3) is 0 Å². The van der Waals surface area contributed by atoms with Crippen molar-refractivity contribution in [1.82, 2.24) is 0 Å². The van der Waals surface area contributed by atoms with Crippen LogP contribution in [0.5, 0.6) is 5.75 Å². The third kappa shape index (κ3) is 2.33. The van der Waals surface area contributed by atoms with Crippen LogP contribution in [0.4, 0.5) is 0 Å². The normalized spacial score (nSPS) is 9.23. The smallest absolute Gasteiger partial charge is 0.340 e. The second-order valence-electron chi connectivity index (χ2n) is 2.31. The van der Waals surface area contributed by atoms with Gasteiger partial charge >= 0.3 is 5.97 Å². The Hall–Kier alpha value is -1.77. The highest BCUT2D eigenvalue weighted by molar-refractivity contribution is 5.90. The van der Waals surface area contributed by atoms with Crippen molar-refractivity contribution in [2.24, 2.45) is 0 Å². The minimum absolute atomic E-state index is 0.0457. The molecule has 1 aromatic rings. The quantitative estimate of drug-likeness (QED) is 0.712. The van der Waals surface area contributed by atoms with E-state index in [1.165, 1.54) is 6.07 Å². The SMILES string of the molecule is C=CCOc1ccc[c]c1C(=O)O. The van der Waals surface area contributed by atoms with Gasteiger partial charge in [-0.1, -0.05) is 24.8 Å². The molecule has 0 bridgehead atoms. The summed E-state index contributed by atoms with van der Waals surface area (Å²) in [4.78, 5) is 10.6. The van der Waals surface area contributed by atoms with Crippen LogP contribution in [-0.2, 0) is 0 Å². The van der Waals surface area contributed by atoms with Gasteiger partial charge in [0.15, 0.2) is 0 Å². The molecule has 13 heavy (non-hydrogen) atoms. The van der Waals surface area contributed by atoms with E-state index in [9.17, 15) is 4.79 Å². The van der Waals surface area contributed by atoms with Crippen LogP contribution < -0.4 is 4.74 Å². The van der Waals surface area contributed by atoms with E-state index in [4.69, 9.17) is 9.84 Å². The lowest BCUT2D eigenvalue weighted by Crippen LogP contribution is -2.02. The van der Waals surface area contributed by atoms with E-state index in [1.807, 2.05) is 0 Å². The maximum atomic E-state index is 10.6. The van der Waals surface area contributed by atoms with Gasteiger partial charge in [-0.3, -0.25) is 0 Å². The van der Waals surface area contributed by atoms with Crippen LogP contribution in [-0.4, -0.2) is 17.7 Å². The Labute approximate surface area is 76.3 Å². The van der Waals surface area contributed by atoms with Crippen LogP contribution in [0.15, 0.2) is 30.9 Å². The molecule has 0 aliphatic rings. The van der Waals surface area contributed by atoms with Gasteiger partial charge in [0.25, 0.3) is 0 Å².